The molecule has 1 N–H and O–H groups in total. The predicted octanol–water partition coefficient (Wildman–Crippen LogP) is 3.69. The Morgan fingerprint density at radius 3 is 2.70 bits per heavy atom. The molecular formula is C24H27N5O3S. The van der Waals surface area contributed by atoms with Gasteiger partial charge in [0.25, 0.3) is 0 Å². The van der Waals surface area contributed by atoms with Crippen LogP contribution in [0.25, 0.3) is 0 Å². The minimum absolute atomic E-state index is 0.115. The number of hydrogen-bond donors (Lipinski definition) is 1. The van der Waals surface area contributed by atoms with E-state index >= 15 is 0 Å². The second kappa shape index (κ2) is 10.5. The molecule has 1 aliphatic heterocycles. The van der Waals surface area contributed by atoms with Crippen LogP contribution < -0.4 is 10.2 Å². The lowest BCUT2D eigenvalue weighted by Crippen LogP contribution is -2.37. The van der Waals surface area contributed by atoms with Crippen molar-refractivity contribution in [2.24, 2.45) is 5.92 Å². The van der Waals surface area contributed by atoms with Crippen molar-refractivity contribution >= 4 is 34.8 Å². The van der Waals surface area contributed by atoms with Gasteiger partial charge in [-0.1, -0.05) is 12.1 Å². The molecule has 4 rings (SSSR count). The van der Waals surface area contributed by atoms with E-state index in [9.17, 15) is 9.59 Å². The van der Waals surface area contributed by atoms with E-state index in [-0.39, 0.29) is 30.8 Å². The van der Waals surface area contributed by atoms with Gasteiger partial charge >= 0.3 is 5.97 Å². The average molecular weight is 466 g/mol. The number of carbonyl (C=O) groups excluding carboxylic acids is 2. The molecule has 3 aromatic rings. The number of carbonyl (C=O) groups is 2. The second-order valence-corrected chi connectivity index (χ2v) is 9.14. The van der Waals surface area contributed by atoms with Crippen molar-refractivity contribution in [3.05, 3.63) is 63.9 Å². The van der Waals surface area contributed by atoms with Gasteiger partial charge in [-0.25, -0.2) is 15.0 Å². The van der Waals surface area contributed by atoms with Crippen LogP contribution in [0.15, 0.2) is 42.0 Å². The van der Waals surface area contributed by atoms with Crippen molar-refractivity contribution < 1.29 is 14.3 Å². The summed E-state index contributed by atoms with van der Waals surface area (Å²) in [6.45, 7) is 5.52. The van der Waals surface area contributed by atoms with Gasteiger partial charge in [0, 0.05) is 36.6 Å². The molecule has 1 saturated heterocycles. The molecule has 3 heterocycles. The zero-order valence-electron chi connectivity index (χ0n) is 18.8. The fraction of sp³-hybridized carbons (Fsp3) is 0.375. The van der Waals surface area contributed by atoms with Crippen LogP contribution in [-0.2, 0) is 27.4 Å². The number of hydrogen-bond acceptors (Lipinski definition) is 8. The van der Waals surface area contributed by atoms with Crippen molar-refractivity contribution in [3.8, 4) is 0 Å². The van der Waals surface area contributed by atoms with Gasteiger partial charge in [-0.05, 0) is 49.9 Å². The van der Waals surface area contributed by atoms with Crippen molar-refractivity contribution in [2.45, 2.75) is 39.7 Å². The van der Waals surface area contributed by atoms with Gasteiger partial charge in [-0.15, -0.1) is 11.3 Å². The lowest BCUT2D eigenvalue weighted by Gasteiger charge is -2.30. The molecule has 9 heteroatoms. The highest BCUT2D eigenvalue weighted by molar-refractivity contribution is 7.09. The molecule has 1 aromatic carbocycles. The third-order valence-electron chi connectivity index (χ3n) is 5.60. The first-order valence-corrected chi connectivity index (χ1v) is 11.8. The van der Waals surface area contributed by atoms with Crippen LogP contribution in [0.2, 0.25) is 0 Å². The van der Waals surface area contributed by atoms with Gasteiger partial charge in [0.1, 0.15) is 11.6 Å². The molecule has 0 radical (unpaired) electrons. The molecule has 1 aliphatic rings. The maximum absolute atomic E-state index is 12.5. The van der Waals surface area contributed by atoms with Crippen molar-refractivity contribution in [1.82, 2.24) is 15.0 Å². The Hall–Kier alpha value is -3.33. The molecule has 0 spiro atoms. The molecule has 172 valence electrons. The van der Waals surface area contributed by atoms with E-state index in [1.54, 1.807) is 18.5 Å². The number of nitrogens with zero attached hydrogens (tertiary/aromatic N) is 4. The Kier molecular flexibility index (Phi) is 7.29. The van der Waals surface area contributed by atoms with Gasteiger partial charge in [-0.3, -0.25) is 9.59 Å². The van der Waals surface area contributed by atoms with E-state index in [0.29, 0.717) is 29.5 Å². The molecule has 2 aromatic heterocycles. The molecular weight excluding hydrogens is 438 g/mol. The Labute approximate surface area is 197 Å². The first kappa shape index (κ1) is 22.8. The minimum atomic E-state index is -0.203. The van der Waals surface area contributed by atoms with Crippen LogP contribution in [0.4, 0.5) is 11.6 Å². The first-order valence-electron chi connectivity index (χ1n) is 11.0. The van der Waals surface area contributed by atoms with E-state index in [1.165, 1.54) is 11.3 Å². The largest absolute Gasteiger partial charge is 0.459 e. The quantitative estimate of drug-likeness (QED) is 0.532. The molecule has 0 atom stereocenters. The summed E-state index contributed by atoms with van der Waals surface area (Å²) in [5.41, 5.74) is 3.59. The monoisotopic (exact) mass is 465 g/mol. The van der Waals surface area contributed by atoms with Crippen molar-refractivity contribution in [3.63, 3.8) is 0 Å². The van der Waals surface area contributed by atoms with Crippen LogP contribution in [0.3, 0.4) is 0 Å². The maximum Gasteiger partial charge on any atom is 0.309 e. The van der Waals surface area contributed by atoms with Crippen molar-refractivity contribution in [2.75, 3.05) is 23.3 Å². The maximum atomic E-state index is 12.5. The summed E-state index contributed by atoms with van der Waals surface area (Å²) >= 11 is 1.40. The Bertz CT molecular complexity index is 1110. The Morgan fingerprint density at radius 2 is 1.94 bits per heavy atom. The highest BCUT2D eigenvalue weighted by Gasteiger charge is 2.27. The van der Waals surface area contributed by atoms with Gasteiger partial charge in [-0.2, -0.15) is 0 Å². The lowest BCUT2D eigenvalue weighted by atomic mass is 9.97. The molecule has 0 unspecified atom stereocenters. The normalized spacial score (nSPS) is 14.2. The number of esters is 1. The number of amides is 1. The molecule has 1 fully saturated rings. The standard InChI is InChI=1S/C24H27N5O3S/c1-16-4-5-17(2)20(12-16)28-21(30)13-22-27-19(15-33-22)14-32-23(31)18-6-10-29(11-7-18)24-25-8-3-9-26-24/h3-5,8-9,12,15,18H,6-7,10-11,13-14H2,1-2H3,(H,28,30). The number of benzene rings is 1. The summed E-state index contributed by atoms with van der Waals surface area (Å²) in [7, 11) is 0. The Balaban J connectivity index is 1.22. The fourth-order valence-corrected chi connectivity index (χ4v) is 4.51. The zero-order chi connectivity index (χ0) is 23.2. The lowest BCUT2D eigenvalue weighted by molar-refractivity contribution is -0.150. The topological polar surface area (TPSA) is 97.3 Å². The summed E-state index contributed by atoms with van der Waals surface area (Å²) in [4.78, 5) is 40.0. The number of rotatable bonds is 7. The molecule has 1 amide bonds. The number of nitrogens with one attached hydrogen (secondary N) is 1. The van der Waals surface area contributed by atoms with E-state index in [4.69, 9.17) is 4.74 Å². The smallest absolute Gasteiger partial charge is 0.309 e. The molecule has 0 bridgehead atoms. The zero-order valence-corrected chi connectivity index (χ0v) is 19.6. The summed E-state index contributed by atoms with van der Waals surface area (Å²) in [6.07, 6.45) is 5.04. The highest BCUT2D eigenvalue weighted by atomic mass is 32.1. The number of ether oxygens (including phenoxy) is 1. The Morgan fingerprint density at radius 1 is 1.18 bits per heavy atom. The van der Waals surface area contributed by atoms with Crippen LogP contribution >= 0.6 is 11.3 Å². The predicted molar refractivity (Wildman–Crippen MR) is 127 cm³/mol. The third kappa shape index (κ3) is 6.13. The fourth-order valence-electron chi connectivity index (χ4n) is 3.73. The number of thiazole rings is 1. The summed E-state index contributed by atoms with van der Waals surface area (Å²) in [5.74, 6) is 0.244. The van der Waals surface area contributed by atoms with Gasteiger partial charge < -0.3 is 15.0 Å². The molecule has 33 heavy (non-hydrogen) atoms. The number of aryl methyl sites for hydroxylation is 2. The molecule has 0 aliphatic carbocycles. The van der Waals surface area contributed by atoms with Crippen LogP contribution in [0.5, 0.6) is 0 Å². The number of anilines is 2. The SMILES string of the molecule is Cc1ccc(C)c(NC(=O)Cc2nc(COC(=O)C3CCN(c4ncccn4)CC3)cs2)c1. The second-order valence-electron chi connectivity index (χ2n) is 8.19. The molecule has 0 saturated carbocycles. The van der Waals surface area contributed by atoms with Crippen molar-refractivity contribution in [1.29, 1.82) is 0 Å². The van der Waals surface area contributed by atoms with E-state index in [0.717, 1.165) is 29.9 Å². The van der Waals surface area contributed by atoms with Crippen LogP contribution in [0.1, 0.15) is 34.7 Å². The van der Waals surface area contributed by atoms with Crippen LogP contribution in [-0.4, -0.2) is 39.9 Å². The van der Waals surface area contributed by atoms with E-state index in [2.05, 4.69) is 25.2 Å². The summed E-state index contributed by atoms with van der Waals surface area (Å²) < 4.78 is 5.51. The highest BCUT2D eigenvalue weighted by Crippen LogP contribution is 2.22. The summed E-state index contributed by atoms with van der Waals surface area (Å²) in [6, 6.07) is 7.74. The van der Waals surface area contributed by atoms with Gasteiger partial charge in [0.15, 0.2) is 0 Å². The summed E-state index contributed by atoms with van der Waals surface area (Å²) in [5, 5.41) is 5.48. The van der Waals surface area contributed by atoms with E-state index < -0.39 is 0 Å². The third-order valence-corrected chi connectivity index (χ3v) is 6.50. The van der Waals surface area contributed by atoms with Gasteiger partial charge in [0.2, 0.25) is 11.9 Å². The van der Waals surface area contributed by atoms with Crippen LogP contribution in [0, 0.1) is 19.8 Å². The number of aromatic nitrogens is 3. The minimum Gasteiger partial charge on any atom is -0.459 e. The first-order chi connectivity index (χ1) is 16.0. The average Bonchev–Trinajstić information content (AvgIpc) is 3.27. The number of piperidine rings is 1. The van der Waals surface area contributed by atoms with Gasteiger partial charge in [0.05, 0.1) is 18.0 Å². The van der Waals surface area contributed by atoms with E-state index in [1.807, 2.05) is 37.4 Å². The molecule has 8 nitrogen and oxygen atoms in total.